The predicted molar refractivity (Wildman–Crippen MR) is 41.4 cm³/mol. The molecule has 0 bridgehead atoms. The van der Waals surface area contributed by atoms with Gasteiger partial charge in [0.2, 0.25) is 5.91 Å². The Hall–Kier alpha value is -1.13. The van der Waals surface area contributed by atoms with E-state index in [9.17, 15) is 9.70 Å². The lowest BCUT2D eigenvalue weighted by Crippen LogP contribution is -2.42. The van der Waals surface area contributed by atoms with E-state index >= 15 is 0 Å². The Morgan fingerprint density at radius 1 is 1.55 bits per heavy atom. The zero-order chi connectivity index (χ0) is 9.07. The average Bonchev–Trinajstić information content (AvgIpc) is 1.79. The highest BCUT2D eigenvalue weighted by Gasteiger charge is 2.22. The molecule has 0 spiro atoms. The highest BCUT2D eigenvalue weighted by molar-refractivity contribution is 5.75. The zero-order valence-electron chi connectivity index (χ0n) is 7.00. The fraction of sp³-hybridized carbons (Fsp3) is 0.833. The van der Waals surface area contributed by atoms with Crippen molar-refractivity contribution >= 4 is 5.91 Å². The molecule has 0 aliphatic carbocycles. The zero-order valence-corrected chi connectivity index (χ0v) is 7.00. The number of rotatable bonds is 3. The number of nitroso groups, excluding NO2 is 1. The van der Waals surface area contributed by atoms with Crippen molar-refractivity contribution in [2.45, 2.75) is 26.3 Å². The van der Waals surface area contributed by atoms with Crippen LogP contribution < -0.4 is 5.73 Å². The van der Waals surface area contributed by atoms with Crippen LogP contribution in [0.5, 0.6) is 0 Å². The second-order valence-corrected chi connectivity index (χ2v) is 3.28. The van der Waals surface area contributed by atoms with E-state index < -0.39 is 11.4 Å². The van der Waals surface area contributed by atoms with Crippen LogP contribution in [-0.4, -0.2) is 23.0 Å². The fourth-order valence-corrected chi connectivity index (χ4v) is 0.536. The average molecular weight is 159 g/mol. The topological polar surface area (TPSA) is 75.8 Å². The molecular weight excluding hydrogens is 146 g/mol. The number of hydrogen-bond donors (Lipinski definition) is 1. The summed E-state index contributed by atoms with van der Waals surface area (Å²) in [6, 6.07) is 0. The van der Waals surface area contributed by atoms with E-state index in [0.29, 0.717) is 0 Å². The Labute approximate surface area is 65.5 Å². The van der Waals surface area contributed by atoms with Gasteiger partial charge >= 0.3 is 0 Å². The summed E-state index contributed by atoms with van der Waals surface area (Å²) in [7, 11) is 0. The molecule has 5 heteroatoms. The van der Waals surface area contributed by atoms with Crippen LogP contribution in [-0.2, 0) is 4.79 Å². The molecule has 0 fully saturated rings. The highest BCUT2D eigenvalue weighted by Crippen LogP contribution is 2.11. The van der Waals surface area contributed by atoms with Gasteiger partial charge in [-0.05, 0) is 20.8 Å². The van der Waals surface area contributed by atoms with Crippen molar-refractivity contribution in [2.75, 3.05) is 6.54 Å². The van der Waals surface area contributed by atoms with Gasteiger partial charge in [-0.15, -0.1) is 4.91 Å². The van der Waals surface area contributed by atoms with Gasteiger partial charge in [0.05, 0.1) is 10.8 Å². The van der Waals surface area contributed by atoms with Crippen molar-refractivity contribution in [3.8, 4) is 0 Å². The number of carbonyl (C=O) groups is 1. The molecule has 0 aromatic carbocycles. The number of carbonyl (C=O) groups excluding carboxylic acids is 1. The first kappa shape index (κ1) is 9.87. The first-order chi connectivity index (χ1) is 4.88. The van der Waals surface area contributed by atoms with Crippen molar-refractivity contribution in [3.63, 3.8) is 0 Å². The second-order valence-electron chi connectivity index (χ2n) is 3.28. The van der Waals surface area contributed by atoms with E-state index in [2.05, 4.69) is 5.29 Å². The summed E-state index contributed by atoms with van der Waals surface area (Å²) in [6.07, 6.45) is 0. The van der Waals surface area contributed by atoms with Gasteiger partial charge < -0.3 is 5.73 Å². The molecule has 0 aliphatic rings. The van der Waals surface area contributed by atoms with Gasteiger partial charge in [0.15, 0.2) is 0 Å². The van der Waals surface area contributed by atoms with Crippen LogP contribution in [0.3, 0.4) is 0 Å². The van der Waals surface area contributed by atoms with Crippen LogP contribution in [0, 0.1) is 4.91 Å². The Bertz CT molecular complexity index is 162. The fourth-order valence-electron chi connectivity index (χ4n) is 0.536. The van der Waals surface area contributed by atoms with Gasteiger partial charge in [0.1, 0.15) is 6.54 Å². The standard InChI is InChI=1S/C6H13N3O2/c1-6(2,3)9(8-11)4-5(7)10/h4H2,1-3H3,(H2,7,10). The van der Waals surface area contributed by atoms with Crippen LogP contribution in [0.4, 0.5) is 0 Å². The van der Waals surface area contributed by atoms with Gasteiger partial charge in [-0.25, -0.2) is 5.01 Å². The first-order valence-electron chi connectivity index (χ1n) is 3.27. The number of amides is 1. The summed E-state index contributed by atoms with van der Waals surface area (Å²) >= 11 is 0. The monoisotopic (exact) mass is 159 g/mol. The minimum atomic E-state index is -0.556. The molecule has 5 nitrogen and oxygen atoms in total. The SMILES string of the molecule is CC(C)(C)N(CC(N)=O)N=O. The molecule has 0 aromatic rings. The van der Waals surface area contributed by atoms with Gasteiger partial charge in [-0.3, -0.25) is 4.79 Å². The minimum absolute atomic E-state index is 0.132. The molecule has 0 aromatic heterocycles. The quantitative estimate of drug-likeness (QED) is 0.474. The maximum absolute atomic E-state index is 10.4. The highest BCUT2D eigenvalue weighted by atomic mass is 16.3. The van der Waals surface area contributed by atoms with Crippen molar-refractivity contribution in [2.24, 2.45) is 11.0 Å². The molecule has 0 saturated carbocycles. The number of hydrogen-bond acceptors (Lipinski definition) is 3. The van der Waals surface area contributed by atoms with Crippen LogP contribution >= 0.6 is 0 Å². The third kappa shape index (κ3) is 3.54. The number of nitrogens with zero attached hydrogens (tertiary/aromatic N) is 2. The van der Waals surface area contributed by atoms with E-state index in [1.807, 2.05) is 0 Å². The van der Waals surface area contributed by atoms with Crippen molar-refractivity contribution in [3.05, 3.63) is 4.91 Å². The Morgan fingerprint density at radius 3 is 2.09 bits per heavy atom. The smallest absolute Gasteiger partial charge is 0.238 e. The lowest BCUT2D eigenvalue weighted by molar-refractivity contribution is -0.120. The van der Waals surface area contributed by atoms with Gasteiger partial charge in [0.25, 0.3) is 0 Å². The van der Waals surface area contributed by atoms with E-state index in [1.165, 1.54) is 0 Å². The molecule has 0 radical (unpaired) electrons. The molecule has 64 valence electrons. The third-order valence-corrected chi connectivity index (χ3v) is 1.18. The lowest BCUT2D eigenvalue weighted by atomic mass is 10.1. The predicted octanol–water partition coefficient (Wildman–Crippen LogP) is 0.254. The van der Waals surface area contributed by atoms with Gasteiger partial charge in [-0.1, -0.05) is 0 Å². The van der Waals surface area contributed by atoms with Crippen LogP contribution in [0.1, 0.15) is 20.8 Å². The summed E-state index contributed by atoms with van der Waals surface area (Å²) in [4.78, 5) is 20.6. The largest absolute Gasteiger partial charge is 0.368 e. The Morgan fingerprint density at radius 2 is 2.00 bits per heavy atom. The summed E-state index contributed by atoms with van der Waals surface area (Å²) in [5.41, 5.74) is 4.44. The molecular formula is C6H13N3O2. The van der Waals surface area contributed by atoms with E-state index in [-0.39, 0.29) is 6.54 Å². The van der Waals surface area contributed by atoms with Crippen LogP contribution in [0.25, 0.3) is 0 Å². The molecule has 0 atom stereocenters. The van der Waals surface area contributed by atoms with Crippen LogP contribution in [0.2, 0.25) is 0 Å². The third-order valence-electron chi connectivity index (χ3n) is 1.18. The number of primary amides is 1. The van der Waals surface area contributed by atoms with Crippen molar-refractivity contribution < 1.29 is 4.79 Å². The lowest BCUT2D eigenvalue weighted by Gasteiger charge is -2.28. The molecule has 0 rings (SSSR count). The molecule has 0 saturated heterocycles. The second kappa shape index (κ2) is 3.32. The summed E-state index contributed by atoms with van der Waals surface area (Å²) < 4.78 is 0. The molecule has 0 unspecified atom stereocenters. The summed E-state index contributed by atoms with van der Waals surface area (Å²) in [5.74, 6) is -0.556. The van der Waals surface area contributed by atoms with E-state index in [0.717, 1.165) is 5.01 Å². The maximum Gasteiger partial charge on any atom is 0.238 e. The van der Waals surface area contributed by atoms with E-state index in [1.54, 1.807) is 20.8 Å². The van der Waals surface area contributed by atoms with Crippen molar-refractivity contribution in [1.29, 1.82) is 0 Å². The van der Waals surface area contributed by atoms with Crippen LogP contribution in [0.15, 0.2) is 5.29 Å². The molecule has 2 N–H and O–H groups in total. The molecule has 11 heavy (non-hydrogen) atoms. The molecule has 1 amide bonds. The number of nitrogens with two attached hydrogens (primary N) is 1. The molecule has 0 heterocycles. The van der Waals surface area contributed by atoms with E-state index in [4.69, 9.17) is 5.73 Å². The van der Waals surface area contributed by atoms with Gasteiger partial charge in [0, 0.05) is 0 Å². The minimum Gasteiger partial charge on any atom is -0.368 e. The summed E-state index contributed by atoms with van der Waals surface area (Å²) in [5, 5.41) is 3.79. The van der Waals surface area contributed by atoms with Gasteiger partial charge in [-0.2, -0.15) is 0 Å². The first-order valence-corrected chi connectivity index (χ1v) is 3.27. The molecule has 0 aliphatic heterocycles. The van der Waals surface area contributed by atoms with Crippen molar-refractivity contribution in [1.82, 2.24) is 5.01 Å². The normalized spacial score (nSPS) is 10.8. The Kier molecular flexibility index (Phi) is 2.98. The maximum atomic E-state index is 10.4. The Balaban J connectivity index is 4.18. The summed E-state index contributed by atoms with van der Waals surface area (Å²) in [6.45, 7) is 5.19.